The molecule has 3 heterocycles. The van der Waals surface area contributed by atoms with Gasteiger partial charge in [0.25, 0.3) is 5.91 Å². The number of pyridine rings is 1. The zero-order valence-electron chi connectivity index (χ0n) is 17.6. The van der Waals surface area contributed by atoms with E-state index in [2.05, 4.69) is 44.1 Å². The number of nitrogens with zero attached hydrogens (tertiary/aromatic N) is 4. The molecule has 3 aromatic rings. The van der Waals surface area contributed by atoms with Crippen LogP contribution in [0.5, 0.6) is 0 Å². The highest BCUT2D eigenvalue weighted by atomic mass is 35.5. The van der Waals surface area contributed by atoms with Crippen LogP contribution in [0.4, 0.5) is 5.69 Å². The van der Waals surface area contributed by atoms with Gasteiger partial charge in [-0.15, -0.1) is 11.3 Å². The number of hydrogen-bond acceptors (Lipinski definition) is 6. The van der Waals surface area contributed by atoms with Crippen LogP contribution in [0.25, 0.3) is 10.6 Å². The Morgan fingerprint density at radius 1 is 1.16 bits per heavy atom. The predicted octanol–water partition coefficient (Wildman–Crippen LogP) is 4.11. The molecule has 0 bridgehead atoms. The molecule has 0 atom stereocenters. The Kier molecular flexibility index (Phi) is 7.17. The highest BCUT2D eigenvalue weighted by molar-refractivity contribution is 7.13. The summed E-state index contributed by atoms with van der Waals surface area (Å²) in [6, 6.07) is 9.87. The number of carbonyl (C=O) groups is 1. The van der Waals surface area contributed by atoms with Gasteiger partial charge in [-0.1, -0.05) is 17.7 Å². The van der Waals surface area contributed by atoms with Crippen LogP contribution in [-0.2, 0) is 0 Å². The number of benzene rings is 1. The number of aryl methyl sites for hydroxylation is 1. The lowest BCUT2D eigenvalue weighted by atomic mass is 10.1. The van der Waals surface area contributed by atoms with E-state index in [1.807, 2.05) is 23.6 Å². The average molecular weight is 456 g/mol. The minimum absolute atomic E-state index is 0.113. The second-order valence-electron chi connectivity index (χ2n) is 7.64. The van der Waals surface area contributed by atoms with Crippen molar-refractivity contribution in [2.45, 2.75) is 13.3 Å². The van der Waals surface area contributed by atoms with Gasteiger partial charge in [-0.05, 0) is 49.7 Å². The van der Waals surface area contributed by atoms with Crippen LogP contribution in [-0.4, -0.2) is 60.0 Å². The summed E-state index contributed by atoms with van der Waals surface area (Å²) in [5, 5.41) is 6.42. The zero-order valence-corrected chi connectivity index (χ0v) is 19.1. The number of nitrogens with one attached hydrogen (secondary N) is 1. The van der Waals surface area contributed by atoms with Gasteiger partial charge in [0.1, 0.15) is 10.7 Å². The number of carbonyl (C=O) groups excluding carboxylic acids is 1. The lowest BCUT2D eigenvalue weighted by Crippen LogP contribution is -2.47. The average Bonchev–Trinajstić information content (AvgIpc) is 3.30. The summed E-state index contributed by atoms with van der Waals surface area (Å²) in [7, 11) is 0. The molecule has 1 aliphatic rings. The van der Waals surface area contributed by atoms with Gasteiger partial charge in [0.2, 0.25) is 0 Å². The molecule has 1 saturated heterocycles. The van der Waals surface area contributed by atoms with Gasteiger partial charge >= 0.3 is 0 Å². The molecule has 4 rings (SSSR count). The van der Waals surface area contributed by atoms with Crippen molar-refractivity contribution >= 4 is 34.5 Å². The SMILES string of the molecule is Cc1ccc(Cl)cc1N1CCN(CCCNC(=O)c2csc(-c3ccncc3)n2)CC1. The van der Waals surface area contributed by atoms with Crippen molar-refractivity contribution in [1.29, 1.82) is 0 Å². The van der Waals surface area contributed by atoms with Crippen LogP contribution in [0.15, 0.2) is 48.1 Å². The van der Waals surface area contributed by atoms with E-state index in [0.717, 1.165) is 54.7 Å². The van der Waals surface area contributed by atoms with E-state index >= 15 is 0 Å². The fourth-order valence-corrected chi connectivity index (χ4v) is 4.71. The van der Waals surface area contributed by atoms with Crippen LogP contribution >= 0.6 is 22.9 Å². The third kappa shape index (κ3) is 5.61. The summed E-state index contributed by atoms with van der Waals surface area (Å²) in [5.41, 5.74) is 3.94. The second kappa shape index (κ2) is 10.2. The molecule has 6 nitrogen and oxygen atoms in total. The van der Waals surface area contributed by atoms with Crippen molar-refractivity contribution in [2.75, 3.05) is 44.2 Å². The van der Waals surface area contributed by atoms with E-state index in [1.165, 1.54) is 22.6 Å². The van der Waals surface area contributed by atoms with Gasteiger partial charge in [0.05, 0.1) is 0 Å². The van der Waals surface area contributed by atoms with E-state index in [1.54, 1.807) is 12.4 Å². The molecule has 0 radical (unpaired) electrons. The molecule has 1 amide bonds. The van der Waals surface area contributed by atoms with Gasteiger partial charge in [-0.2, -0.15) is 0 Å². The number of rotatable bonds is 7. The third-order valence-electron chi connectivity index (χ3n) is 5.48. The Hall–Kier alpha value is -2.48. The Labute approximate surface area is 191 Å². The van der Waals surface area contributed by atoms with Crippen molar-refractivity contribution in [1.82, 2.24) is 20.2 Å². The van der Waals surface area contributed by atoms with Crippen molar-refractivity contribution in [3.8, 4) is 10.6 Å². The molecule has 1 N–H and O–H groups in total. The normalized spacial score (nSPS) is 14.6. The summed E-state index contributed by atoms with van der Waals surface area (Å²) < 4.78 is 0. The van der Waals surface area contributed by atoms with E-state index < -0.39 is 0 Å². The van der Waals surface area contributed by atoms with E-state index in [9.17, 15) is 4.79 Å². The summed E-state index contributed by atoms with van der Waals surface area (Å²) in [5.74, 6) is -0.113. The third-order valence-corrected chi connectivity index (χ3v) is 6.61. The van der Waals surface area contributed by atoms with E-state index in [4.69, 9.17) is 11.6 Å². The molecule has 0 unspecified atom stereocenters. The maximum absolute atomic E-state index is 12.4. The monoisotopic (exact) mass is 455 g/mol. The Balaban J connectivity index is 1.18. The van der Waals surface area contributed by atoms with Crippen molar-refractivity contribution in [2.24, 2.45) is 0 Å². The number of thiazole rings is 1. The van der Waals surface area contributed by atoms with Crippen LogP contribution in [0, 0.1) is 6.92 Å². The summed E-state index contributed by atoms with van der Waals surface area (Å²) >= 11 is 7.65. The van der Waals surface area contributed by atoms with Gasteiger partial charge in [-0.3, -0.25) is 14.7 Å². The molecule has 1 aromatic carbocycles. The Bertz CT molecular complexity index is 1020. The lowest BCUT2D eigenvalue weighted by molar-refractivity contribution is 0.0947. The summed E-state index contributed by atoms with van der Waals surface area (Å²) in [6.07, 6.45) is 4.38. The zero-order chi connectivity index (χ0) is 21.6. The fourth-order valence-electron chi connectivity index (χ4n) is 3.74. The topological polar surface area (TPSA) is 61.4 Å². The molecule has 0 spiro atoms. The minimum atomic E-state index is -0.113. The van der Waals surface area contributed by atoms with Crippen molar-refractivity contribution in [3.63, 3.8) is 0 Å². The number of anilines is 1. The molecule has 1 fully saturated rings. The fraction of sp³-hybridized carbons (Fsp3) is 0.348. The van der Waals surface area contributed by atoms with Gasteiger partial charge in [0.15, 0.2) is 0 Å². The van der Waals surface area contributed by atoms with Crippen LogP contribution in [0.3, 0.4) is 0 Å². The van der Waals surface area contributed by atoms with Crippen molar-refractivity contribution < 1.29 is 4.79 Å². The van der Waals surface area contributed by atoms with Crippen LogP contribution in [0.2, 0.25) is 5.02 Å². The van der Waals surface area contributed by atoms with Gasteiger partial charge in [-0.25, -0.2) is 4.98 Å². The largest absolute Gasteiger partial charge is 0.369 e. The Morgan fingerprint density at radius 2 is 1.94 bits per heavy atom. The quantitative estimate of drug-likeness (QED) is 0.543. The van der Waals surface area contributed by atoms with Gasteiger partial charge in [0, 0.05) is 66.8 Å². The predicted molar refractivity (Wildman–Crippen MR) is 127 cm³/mol. The number of amides is 1. The summed E-state index contributed by atoms with van der Waals surface area (Å²) in [6.45, 7) is 7.76. The first-order chi connectivity index (χ1) is 15.1. The lowest BCUT2D eigenvalue weighted by Gasteiger charge is -2.36. The summed E-state index contributed by atoms with van der Waals surface area (Å²) in [4.78, 5) is 25.7. The van der Waals surface area contributed by atoms with Crippen LogP contribution < -0.4 is 10.2 Å². The molecule has 2 aromatic heterocycles. The standard InChI is InChI=1S/C23H26ClN5OS/c1-17-3-4-19(24)15-21(17)29-13-11-28(12-14-29)10-2-7-26-22(30)20-16-31-23(27-20)18-5-8-25-9-6-18/h3-6,8-9,15-16H,2,7,10-14H2,1H3,(H,26,30). The molecular formula is C23H26ClN5OS. The highest BCUT2D eigenvalue weighted by Gasteiger charge is 2.18. The second-order valence-corrected chi connectivity index (χ2v) is 8.94. The number of aromatic nitrogens is 2. The first-order valence-corrected chi connectivity index (χ1v) is 11.7. The molecular weight excluding hydrogens is 430 g/mol. The molecule has 8 heteroatoms. The maximum atomic E-state index is 12.4. The van der Waals surface area contributed by atoms with Crippen molar-refractivity contribution in [3.05, 3.63) is 64.4 Å². The number of halogens is 1. The molecule has 0 saturated carbocycles. The molecule has 0 aliphatic carbocycles. The number of piperazine rings is 1. The first kappa shape index (κ1) is 21.7. The highest BCUT2D eigenvalue weighted by Crippen LogP contribution is 2.25. The maximum Gasteiger partial charge on any atom is 0.270 e. The minimum Gasteiger partial charge on any atom is -0.369 e. The first-order valence-electron chi connectivity index (χ1n) is 10.5. The van der Waals surface area contributed by atoms with Crippen LogP contribution in [0.1, 0.15) is 22.5 Å². The smallest absolute Gasteiger partial charge is 0.270 e. The number of hydrogen-bond donors (Lipinski definition) is 1. The van der Waals surface area contributed by atoms with E-state index in [-0.39, 0.29) is 5.91 Å². The molecule has 31 heavy (non-hydrogen) atoms. The molecule has 162 valence electrons. The molecule has 1 aliphatic heterocycles. The van der Waals surface area contributed by atoms with E-state index in [0.29, 0.717) is 12.2 Å². The Morgan fingerprint density at radius 3 is 2.71 bits per heavy atom. The van der Waals surface area contributed by atoms with Gasteiger partial charge < -0.3 is 10.2 Å².